The van der Waals surface area contributed by atoms with Gasteiger partial charge in [0.2, 0.25) is 5.95 Å². The number of piperazine rings is 1. The zero-order chi connectivity index (χ0) is 13.2. The first kappa shape index (κ1) is 12.7. The van der Waals surface area contributed by atoms with E-state index in [1.165, 1.54) is 0 Å². The molecule has 0 unspecified atom stereocenters. The fraction of sp³-hybridized carbons (Fsp3) is 0.333. The van der Waals surface area contributed by atoms with E-state index in [1.807, 2.05) is 6.07 Å². The zero-order valence-electron chi connectivity index (χ0n) is 10.2. The third kappa shape index (κ3) is 2.68. The number of nitrogens with zero attached hydrogens (tertiary/aromatic N) is 3. The highest BCUT2D eigenvalue weighted by molar-refractivity contribution is 6.36. The molecule has 1 aromatic carbocycles. The lowest BCUT2D eigenvalue weighted by molar-refractivity contribution is 0.580. The van der Waals surface area contributed by atoms with Crippen LogP contribution >= 0.6 is 23.2 Å². The van der Waals surface area contributed by atoms with Crippen LogP contribution in [0.3, 0.4) is 0 Å². The van der Waals surface area contributed by atoms with Gasteiger partial charge in [-0.25, -0.2) is 0 Å². The molecule has 3 rings (SSSR count). The molecule has 0 saturated carbocycles. The van der Waals surface area contributed by atoms with Gasteiger partial charge in [0.1, 0.15) is 0 Å². The third-order valence-electron chi connectivity index (χ3n) is 3.06. The summed E-state index contributed by atoms with van der Waals surface area (Å²) in [6.45, 7) is 3.72. The Morgan fingerprint density at radius 2 is 1.95 bits per heavy atom. The summed E-state index contributed by atoms with van der Waals surface area (Å²) >= 11 is 12.0. The number of aromatic nitrogens is 3. The summed E-state index contributed by atoms with van der Waals surface area (Å²) in [5.74, 6) is 1.37. The van der Waals surface area contributed by atoms with Crippen LogP contribution in [0, 0.1) is 0 Å². The van der Waals surface area contributed by atoms with Gasteiger partial charge in [-0.2, -0.15) is 4.98 Å². The Bertz CT molecular complexity index is 577. The second-order valence-corrected chi connectivity index (χ2v) is 5.19. The highest BCUT2D eigenvalue weighted by Gasteiger charge is 2.16. The Balaban J connectivity index is 1.87. The van der Waals surface area contributed by atoms with Gasteiger partial charge in [-0.3, -0.25) is 5.10 Å². The maximum Gasteiger partial charge on any atom is 0.245 e. The number of benzene rings is 1. The van der Waals surface area contributed by atoms with E-state index in [1.54, 1.807) is 12.1 Å². The predicted molar refractivity (Wildman–Crippen MR) is 76.9 cm³/mol. The molecule has 0 bridgehead atoms. The van der Waals surface area contributed by atoms with Gasteiger partial charge in [-0.15, -0.1) is 5.10 Å². The quantitative estimate of drug-likeness (QED) is 0.892. The molecule has 100 valence electrons. The van der Waals surface area contributed by atoms with Crippen LogP contribution in [0.2, 0.25) is 10.0 Å². The monoisotopic (exact) mass is 297 g/mol. The number of hydrogen-bond acceptors (Lipinski definition) is 4. The molecule has 2 N–H and O–H groups in total. The Labute approximate surface area is 120 Å². The number of hydrogen-bond donors (Lipinski definition) is 2. The number of aromatic amines is 1. The van der Waals surface area contributed by atoms with Crippen molar-refractivity contribution in [2.24, 2.45) is 0 Å². The van der Waals surface area contributed by atoms with Gasteiger partial charge in [-0.1, -0.05) is 23.2 Å². The lowest BCUT2D eigenvalue weighted by Crippen LogP contribution is -2.44. The maximum absolute atomic E-state index is 6.16. The lowest BCUT2D eigenvalue weighted by atomic mass is 10.2. The molecule has 1 fully saturated rings. The summed E-state index contributed by atoms with van der Waals surface area (Å²) in [6.07, 6.45) is 0. The van der Waals surface area contributed by atoms with E-state index in [-0.39, 0.29) is 0 Å². The molecule has 0 atom stereocenters. The van der Waals surface area contributed by atoms with Crippen LogP contribution in [-0.2, 0) is 0 Å². The van der Waals surface area contributed by atoms with Gasteiger partial charge in [0.25, 0.3) is 0 Å². The van der Waals surface area contributed by atoms with Crippen LogP contribution in [-0.4, -0.2) is 41.4 Å². The molecule has 1 aromatic heterocycles. The van der Waals surface area contributed by atoms with Crippen molar-refractivity contribution < 1.29 is 0 Å². The fourth-order valence-electron chi connectivity index (χ4n) is 2.06. The van der Waals surface area contributed by atoms with Crippen LogP contribution in [0.4, 0.5) is 5.95 Å². The Kier molecular flexibility index (Phi) is 3.59. The number of halogens is 2. The first-order chi connectivity index (χ1) is 9.24. The van der Waals surface area contributed by atoms with Gasteiger partial charge in [0.15, 0.2) is 5.82 Å². The van der Waals surface area contributed by atoms with E-state index in [9.17, 15) is 0 Å². The fourth-order valence-corrected chi connectivity index (χ4v) is 2.56. The van der Waals surface area contributed by atoms with Gasteiger partial charge in [0.05, 0.1) is 5.02 Å². The second-order valence-electron chi connectivity index (χ2n) is 4.35. The van der Waals surface area contributed by atoms with Gasteiger partial charge in [-0.05, 0) is 18.2 Å². The van der Waals surface area contributed by atoms with Crippen molar-refractivity contribution >= 4 is 29.2 Å². The number of H-pyrrole nitrogens is 1. The molecule has 7 heteroatoms. The minimum absolute atomic E-state index is 0.565. The number of nitrogens with one attached hydrogen (secondary N) is 2. The molecule has 19 heavy (non-hydrogen) atoms. The standard InChI is InChI=1S/C12H13Cl2N5/c13-8-1-2-9(10(14)7-8)11-16-12(18-17-11)19-5-3-15-4-6-19/h1-2,7,15H,3-6H2,(H,16,17,18). The molecular weight excluding hydrogens is 285 g/mol. The summed E-state index contributed by atoms with van der Waals surface area (Å²) < 4.78 is 0. The van der Waals surface area contributed by atoms with Crippen LogP contribution in [0.5, 0.6) is 0 Å². The lowest BCUT2D eigenvalue weighted by Gasteiger charge is -2.25. The van der Waals surface area contributed by atoms with Crippen LogP contribution < -0.4 is 10.2 Å². The van der Waals surface area contributed by atoms with E-state index in [2.05, 4.69) is 25.4 Å². The highest BCUT2D eigenvalue weighted by Crippen LogP contribution is 2.28. The van der Waals surface area contributed by atoms with Crippen LogP contribution in [0.25, 0.3) is 11.4 Å². The van der Waals surface area contributed by atoms with Crippen LogP contribution in [0.15, 0.2) is 18.2 Å². The van der Waals surface area contributed by atoms with Crippen molar-refractivity contribution in [2.75, 3.05) is 31.1 Å². The normalized spacial score (nSPS) is 15.8. The first-order valence-corrected chi connectivity index (χ1v) is 6.83. The Morgan fingerprint density at radius 3 is 2.68 bits per heavy atom. The molecule has 0 radical (unpaired) electrons. The van der Waals surface area contributed by atoms with Crippen molar-refractivity contribution in [1.29, 1.82) is 0 Å². The molecule has 1 aliphatic heterocycles. The van der Waals surface area contributed by atoms with Crippen molar-refractivity contribution in [1.82, 2.24) is 20.5 Å². The summed E-state index contributed by atoms with van der Waals surface area (Å²) in [7, 11) is 0. The summed E-state index contributed by atoms with van der Waals surface area (Å²) in [4.78, 5) is 6.64. The van der Waals surface area contributed by atoms with E-state index in [0.717, 1.165) is 31.7 Å². The minimum Gasteiger partial charge on any atom is -0.337 e. The molecule has 0 aliphatic carbocycles. The Morgan fingerprint density at radius 1 is 1.16 bits per heavy atom. The topological polar surface area (TPSA) is 56.8 Å². The SMILES string of the molecule is Clc1ccc(-c2nc(N3CCNCC3)n[nH]2)c(Cl)c1. The number of anilines is 1. The van der Waals surface area contributed by atoms with Crippen molar-refractivity contribution in [3.05, 3.63) is 28.2 Å². The predicted octanol–water partition coefficient (Wildman–Crippen LogP) is 2.19. The summed E-state index contributed by atoms with van der Waals surface area (Å²) in [5, 5.41) is 11.6. The molecule has 0 amide bonds. The molecule has 1 aliphatic rings. The minimum atomic E-state index is 0.565. The van der Waals surface area contributed by atoms with Gasteiger partial charge < -0.3 is 10.2 Å². The largest absolute Gasteiger partial charge is 0.337 e. The average Bonchev–Trinajstić information content (AvgIpc) is 2.89. The van der Waals surface area contributed by atoms with Crippen molar-refractivity contribution in [3.8, 4) is 11.4 Å². The molecular formula is C12H13Cl2N5. The van der Waals surface area contributed by atoms with Crippen molar-refractivity contribution in [2.45, 2.75) is 0 Å². The second kappa shape index (κ2) is 5.36. The van der Waals surface area contributed by atoms with Crippen LogP contribution in [0.1, 0.15) is 0 Å². The maximum atomic E-state index is 6.16. The van der Waals surface area contributed by atoms with Gasteiger partial charge in [0, 0.05) is 36.8 Å². The number of rotatable bonds is 2. The van der Waals surface area contributed by atoms with E-state index < -0.39 is 0 Å². The van der Waals surface area contributed by atoms with E-state index in [0.29, 0.717) is 21.8 Å². The molecule has 0 spiro atoms. The summed E-state index contributed by atoms with van der Waals surface area (Å²) in [5.41, 5.74) is 0.806. The zero-order valence-corrected chi connectivity index (χ0v) is 11.7. The smallest absolute Gasteiger partial charge is 0.245 e. The van der Waals surface area contributed by atoms with Gasteiger partial charge >= 0.3 is 0 Å². The molecule has 1 saturated heterocycles. The third-order valence-corrected chi connectivity index (χ3v) is 3.61. The first-order valence-electron chi connectivity index (χ1n) is 6.07. The van der Waals surface area contributed by atoms with Crippen molar-refractivity contribution in [3.63, 3.8) is 0 Å². The summed E-state index contributed by atoms with van der Waals surface area (Å²) in [6, 6.07) is 5.33. The average molecular weight is 298 g/mol. The molecule has 5 nitrogen and oxygen atoms in total. The highest BCUT2D eigenvalue weighted by atomic mass is 35.5. The molecule has 2 heterocycles. The Hall–Kier alpha value is -1.30. The van der Waals surface area contributed by atoms with E-state index in [4.69, 9.17) is 23.2 Å². The molecule has 2 aromatic rings. The van der Waals surface area contributed by atoms with E-state index >= 15 is 0 Å².